The van der Waals surface area contributed by atoms with Gasteiger partial charge in [-0.15, -0.1) is 5.10 Å². The van der Waals surface area contributed by atoms with Gasteiger partial charge >= 0.3 is 0 Å². The Morgan fingerprint density at radius 2 is 1.93 bits per heavy atom. The van der Waals surface area contributed by atoms with Crippen molar-refractivity contribution in [1.29, 1.82) is 0 Å². The van der Waals surface area contributed by atoms with Gasteiger partial charge < -0.3 is 14.8 Å². The van der Waals surface area contributed by atoms with Crippen molar-refractivity contribution in [2.45, 2.75) is 6.92 Å². The van der Waals surface area contributed by atoms with Crippen molar-refractivity contribution in [1.82, 2.24) is 20.3 Å². The van der Waals surface area contributed by atoms with Crippen LogP contribution in [0.25, 0.3) is 5.69 Å². The van der Waals surface area contributed by atoms with Gasteiger partial charge in [-0.3, -0.25) is 4.79 Å². The molecule has 0 bridgehead atoms. The smallest absolute Gasteiger partial charge is 0.273 e. The molecule has 8 heteroatoms. The topological polar surface area (TPSA) is 78.3 Å². The van der Waals surface area contributed by atoms with Crippen LogP contribution in [0.4, 0.5) is 0 Å². The summed E-state index contributed by atoms with van der Waals surface area (Å²) in [6, 6.07) is 14.4. The zero-order valence-corrected chi connectivity index (χ0v) is 15.7. The molecule has 140 valence electrons. The highest BCUT2D eigenvalue weighted by Crippen LogP contribution is 2.17. The molecule has 0 aliphatic rings. The Bertz CT molecular complexity index is 925. The summed E-state index contributed by atoms with van der Waals surface area (Å²) in [5.41, 5.74) is 1.64. The van der Waals surface area contributed by atoms with E-state index in [1.807, 2.05) is 24.3 Å². The van der Waals surface area contributed by atoms with E-state index in [1.165, 1.54) is 0 Å². The van der Waals surface area contributed by atoms with Crippen LogP contribution in [-0.2, 0) is 0 Å². The number of hydrogen-bond donors (Lipinski definition) is 1. The van der Waals surface area contributed by atoms with Gasteiger partial charge in [-0.25, -0.2) is 4.68 Å². The molecule has 0 saturated heterocycles. The number of amides is 1. The molecule has 0 unspecified atom stereocenters. The van der Waals surface area contributed by atoms with Crippen molar-refractivity contribution in [3.8, 4) is 17.2 Å². The summed E-state index contributed by atoms with van der Waals surface area (Å²) in [5, 5.41) is 11.4. The van der Waals surface area contributed by atoms with Gasteiger partial charge in [-0.2, -0.15) is 0 Å². The molecule has 3 aromatic rings. The Kier molecular flexibility index (Phi) is 5.93. The number of aromatic nitrogens is 3. The van der Waals surface area contributed by atoms with E-state index in [-0.39, 0.29) is 11.6 Å². The van der Waals surface area contributed by atoms with Crippen LogP contribution in [0.5, 0.6) is 11.5 Å². The van der Waals surface area contributed by atoms with Crippen LogP contribution in [0.1, 0.15) is 16.2 Å². The molecule has 0 aliphatic heterocycles. The summed E-state index contributed by atoms with van der Waals surface area (Å²) in [6.45, 7) is 2.46. The highest BCUT2D eigenvalue weighted by Gasteiger charge is 2.17. The fourth-order valence-electron chi connectivity index (χ4n) is 2.48. The Hall–Kier alpha value is -3.06. The molecule has 1 amide bonds. The fourth-order valence-corrected chi connectivity index (χ4v) is 2.67. The van der Waals surface area contributed by atoms with E-state index < -0.39 is 0 Å². The maximum absolute atomic E-state index is 12.3. The van der Waals surface area contributed by atoms with E-state index in [0.717, 1.165) is 11.4 Å². The van der Waals surface area contributed by atoms with E-state index in [1.54, 1.807) is 43.0 Å². The van der Waals surface area contributed by atoms with Crippen molar-refractivity contribution in [2.75, 3.05) is 20.3 Å². The monoisotopic (exact) mass is 386 g/mol. The molecule has 0 fully saturated rings. The summed E-state index contributed by atoms with van der Waals surface area (Å²) in [5.74, 6) is 1.15. The Labute approximate surface area is 161 Å². The van der Waals surface area contributed by atoms with Gasteiger partial charge in [-0.05, 0) is 49.4 Å². The number of hydrogen-bond acceptors (Lipinski definition) is 5. The van der Waals surface area contributed by atoms with Gasteiger partial charge in [0.25, 0.3) is 5.91 Å². The van der Waals surface area contributed by atoms with Gasteiger partial charge in [0.15, 0.2) is 5.69 Å². The summed E-state index contributed by atoms with van der Waals surface area (Å²) < 4.78 is 12.3. The van der Waals surface area contributed by atoms with E-state index in [2.05, 4.69) is 15.6 Å². The van der Waals surface area contributed by atoms with Crippen LogP contribution >= 0.6 is 11.6 Å². The molecule has 27 heavy (non-hydrogen) atoms. The maximum atomic E-state index is 12.3. The van der Waals surface area contributed by atoms with E-state index in [0.29, 0.717) is 29.6 Å². The lowest BCUT2D eigenvalue weighted by Gasteiger charge is -2.08. The Morgan fingerprint density at radius 3 is 2.63 bits per heavy atom. The van der Waals surface area contributed by atoms with E-state index in [4.69, 9.17) is 21.1 Å². The maximum Gasteiger partial charge on any atom is 0.273 e. The van der Waals surface area contributed by atoms with Crippen molar-refractivity contribution in [3.63, 3.8) is 0 Å². The quantitative estimate of drug-likeness (QED) is 0.631. The summed E-state index contributed by atoms with van der Waals surface area (Å²) >= 11 is 6.01. The fraction of sp³-hybridized carbons (Fsp3) is 0.211. The minimum Gasteiger partial charge on any atom is -0.497 e. The number of carbonyl (C=O) groups is 1. The number of rotatable bonds is 7. The Balaban J connectivity index is 1.55. The van der Waals surface area contributed by atoms with Gasteiger partial charge in [0.2, 0.25) is 0 Å². The third kappa shape index (κ3) is 4.57. The van der Waals surface area contributed by atoms with Gasteiger partial charge in [0.1, 0.15) is 18.1 Å². The second kappa shape index (κ2) is 8.55. The number of halogens is 1. The number of carbonyl (C=O) groups excluding carboxylic acids is 1. The summed E-state index contributed by atoms with van der Waals surface area (Å²) in [7, 11) is 1.61. The number of nitrogens with zero attached hydrogens (tertiary/aromatic N) is 3. The van der Waals surface area contributed by atoms with E-state index >= 15 is 0 Å². The van der Waals surface area contributed by atoms with Crippen LogP contribution < -0.4 is 14.8 Å². The second-order valence-corrected chi connectivity index (χ2v) is 6.13. The third-order valence-corrected chi connectivity index (χ3v) is 4.11. The first-order chi connectivity index (χ1) is 13.1. The molecule has 7 nitrogen and oxygen atoms in total. The molecule has 1 N–H and O–H groups in total. The minimum absolute atomic E-state index is 0.263. The summed E-state index contributed by atoms with van der Waals surface area (Å²) in [4.78, 5) is 12.3. The molecule has 0 spiro atoms. The van der Waals surface area contributed by atoms with Crippen molar-refractivity contribution in [3.05, 3.63) is 64.9 Å². The van der Waals surface area contributed by atoms with Crippen molar-refractivity contribution in [2.24, 2.45) is 0 Å². The highest BCUT2D eigenvalue weighted by molar-refractivity contribution is 6.30. The third-order valence-electron chi connectivity index (χ3n) is 3.88. The lowest BCUT2D eigenvalue weighted by Crippen LogP contribution is -2.29. The number of methoxy groups -OCH3 is 1. The molecule has 3 rings (SSSR count). The zero-order valence-electron chi connectivity index (χ0n) is 15.0. The number of nitrogens with one attached hydrogen (secondary N) is 1. The van der Waals surface area contributed by atoms with Crippen LogP contribution in [0.15, 0.2) is 48.5 Å². The van der Waals surface area contributed by atoms with Crippen LogP contribution in [-0.4, -0.2) is 41.2 Å². The van der Waals surface area contributed by atoms with Crippen LogP contribution in [0, 0.1) is 6.92 Å². The lowest BCUT2D eigenvalue weighted by molar-refractivity contribution is 0.0941. The first-order valence-corrected chi connectivity index (χ1v) is 8.69. The SMILES string of the molecule is COc1ccc(OCCNC(=O)c2nnn(-c3cccc(Cl)c3)c2C)cc1. The average molecular weight is 387 g/mol. The molecule has 2 aromatic carbocycles. The predicted octanol–water partition coefficient (Wildman–Crippen LogP) is 3.05. The number of ether oxygens (including phenoxy) is 2. The molecule has 0 saturated carbocycles. The average Bonchev–Trinajstić information content (AvgIpc) is 3.07. The molecule has 0 atom stereocenters. The molecular weight excluding hydrogens is 368 g/mol. The molecule has 0 radical (unpaired) electrons. The lowest BCUT2D eigenvalue weighted by atomic mass is 10.3. The standard InChI is InChI=1S/C19H19ClN4O3/c1-13-18(22-23-24(13)15-5-3-4-14(20)12-15)19(25)21-10-11-27-17-8-6-16(26-2)7-9-17/h3-9,12H,10-11H2,1-2H3,(H,21,25). The van der Waals surface area contributed by atoms with Gasteiger partial charge in [0, 0.05) is 5.02 Å². The molecule has 0 aliphatic carbocycles. The first-order valence-electron chi connectivity index (χ1n) is 8.32. The molecule has 1 aromatic heterocycles. The second-order valence-electron chi connectivity index (χ2n) is 5.70. The minimum atomic E-state index is -0.306. The predicted molar refractivity (Wildman–Crippen MR) is 102 cm³/mol. The summed E-state index contributed by atoms with van der Waals surface area (Å²) in [6.07, 6.45) is 0. The molecule has 1 heterocycles. The highest BCUT2D eigenvalue weighted by atomic mass is 35.5. The molecular formula is C19H19ClN4O3. The normalized spacial score (nSPS) is 10.5. The van der Waals surface area contributed by atoms with Gasteiger partial charge in [0.05, 0.1) is 25.0 Å². The largest absolute Gasteiger partial charge is 0.497 e. The first kappa shape index (κ1) is 18.7. The van der Waals surface area contributed by atoms with Crippen LogP contribution in [0.3, 0.4) is 0 Å². The van der Waals surface area contributed by atoms with Crippen LogP contribution in [0.2, 0.25) is 5.02 Å². The zero-order chi connectivity index (χ0) is 19.2. The van der Waals surface area contributed by atoms with Crippen molar-refractivity contribution < 1.29 is 14.3 Å². The van der Waals surface area contributed by atoms with Crippen molar-refractivity contribution >= 4 is 17.5 Å². The van der Waals surface area contributed by atoms with E-state index in [9.17, 15) is 4.79 Å². The number of benzene rings is 2. The van der Waals surface area contributed by atoms with Gasteiger partial charge in [-0.1, -0.05) is 22.9 Å². The Morgan fingerprint density at radius 1 is 1.19 bits per heavy atom.